The van der Waals surface area contributed by atoms with Crippen molar-refractivity contribution in [1.82, 2.24) is 4.90 Å². The van der Waals surface area contributed by atoms with Crippen molar-refractivity contribution in [2.75, 3.05) is 7.05 Å². The third kappa shape index (κ3) is 1.72. The molecule has 1 amide bonds. The number of hydrogen-bond acceptors (Lipinski definition) is 1. The molecule has 1 aliphatic heterocycles. The van der Waals surface area contributed by atoms with Crippen molar-refractivity contribution in [3.05, 3.63) is 23.4 Å². The molecule has 3 rings (SSSR count). The van der Waals surface area contributed by atoms with E-state index in [0.717, 1.165) is 24.7 Å². The molecular formula is C17H25NO. The van der Waals surface area contributed by atoms with Crippen LogP contribution in [0, 0.1) is 23.2 Å². The number of amides is 1. The standard InChI is InChI=1S/C17H25NO/c1-11-5-7-14-13(12(11)2)6-8-15-17(14,3)10-9-16(19)18(15)4/h7-8,11-13H,5-6,9-10H2,1-4H3/t11?,12?,13-,17+/m1/s1. The van der Waals surface area contributed by atoms with Crippen LogP contribution in [0.2, 0.25) is 0 Å². The fourth-order valence-corrected chi connectivity index (χ4v) is 4.38. The molecule has 0 N–H and O–H groups in total. The van der Waals surface area contributed by atoms with Crippen molar-refractivity contribution in [2.45, 2.75) is 46.5 Å². The van der Waals surface area contributed by atoms with Crippen molar-refractivity contribution >= 4 is 5.91 Å². The van der Waals surface area contributed by atoms with Crippen molar-refractivity contribution in [1.29, 1.82) is 0 Å². The van der Waals surface area contributed by atoms with Crippen LogP contribution in [-0.4, -0.2) is 17.9 Å². The van der Waals surface area contributed by atoms with E-state index in [0.29, 0.717) is 12.3 Å². The Labute approximate surface area is 116 Å². The smallest absolute Gasteiger partial charge is 0.226 e. The first-order valence-corrected chi connectivity index (χ1v) is 7.63. The maximum absolute atomic E-state index is 11.9. The number of allylic oxidation sites excluding steroid dienone is 3. The van der Waals surface area contributed by atoms with Gasteiger partial charge >= 0.3 is 0 Å². The normalized spacial score (nSPS) is 42.2. The van der Waals surface area contributed by atoms with Crippen LogP contribution in [0.25, 0.3) is 0 Å². The van der Waals surface area contributed by atoms with E-state index in [1.165, 1.54) is 12.1 Å². The van der Waals surface area contributed by atoms with Crippen LogP contribution >= 0.6 is 0 Å². The third-order valence-corrected chi connectivity index (χ3v) is 5.98. The van der Waals surface area contributed by atoms with E-state index >= 15 is 0 Å². The summed E-state index contributed by atoms with van der Waals surface area (Å²) in [6.45, 7) is 7.13. The van der Waals surface area contributed by atoms with Gasteiger partial charge in [-0.1, -0.05) is 38.5 Å². The summed E-state index contributed by atoms with van der Waals surface area (Å²) in [4.78, 5) is 13.8. The van der Waals surface area contributed by atoms with Gasteiger partial charge < -0.3 is 4.90 Å². The van der Waals surface area contributed by atoms with Crippen LogP contribution in [0.1, 0.15) is 46.5 Å². The predicted molar refractivity (Wildman–Crippen MR) is 77.3 cm³/mol. The molecule has 2 nitrogen and oxygen atoms in total. The van der Waals surface area contributed by atoms with E-state index in [1.54, 1.807) is 5.57 Å². The Bertz CT molecular complexity index is 476. The topological polar surface area (TPSA) is 20.3 Å². The lowest BCUT2D eigenvalue weighted by atomic mass is 9.58. The molecule has 3 aliphatic rings. The van der Waals surface area contributed by atoms with Gasteiger partial charge in [-0.05, 0) is 37.0 Å². The number of likely N-dealkylation sites (tertiary alicyclic amines) is 1. The number of nitrogens with zero attached hydrogens (tertiary/aromatic N) is 1. The van der Waals surface area contributed by atoms with Crippen LogP contribution in [0.5, 0.6) is 0 Å². The molecule has 0 aromatic carbocycles. The largest absolute Gasteiger partial charge is 0.319 e. The second-order valence-corrected chi connectivity index (χ2v) is 6.95. The molecule has 0 spiro atoms. The Hall–Kier alpha value is -1.05. The fourth-order valence-electron chi connectivity index (χ4n) is 4.38. The molecule has 1 saturated heterocycles. The summed E-state index contributed by atoms with van der Waals surface area (Å²) < 4.78 is 0. The zero-order valence-electron chi connectivity index (χ0n) is 12.6. The summed E-state index contributed by atoms with van der Waals surface area (Å²) in [6.07, 6.45) is 8.83. The van der Waals surface area contributed by atoms with Crippen LogP contribution in [0.15, 0.2) is 23.4 Å². The molecule has 0 radical (unpaired) electrons. The number of rotatable bonds is 0. The summed E-state index contributed by atoms with van der Waals surface area (Å²) in [5, 5.41) is 0. The first kappa shape index (κ1) is 13.0. The minimum atomic E-state index is 0.111. The SMILES string of the molecule is CC1CC=C2[C@H](CC=C3N(C)C(=O)CC[C@@]23C)C1C. The summed E-state index contributed by atoms with van der Waals surface area (Å²) in [6, 6.07) is 0. The molecule has 104 valence electrons. The Morgan fingerprint density at radius 3 is 2.74 bits per heavy atom. The van der Waals surface area contributed by atoms with Gasteiger partial charge in [0.25, 0.3) is 0 Å². The second-order valence-electron chi connectivity index (χ2n) is 6.95. The molecule has 0 bridgehead atoms. The van der Waals surface area contributed by atoms with Crippen molar-refractivity contribution in [3.8, 4) is 0 Å². The van der Waals surface area contributed by atoms with Crippen LogP contribution < -0.4 is 0 Å². The Morgan fingerprint density at radius 1 is 1.26 bits per heavy atom. The molecule has 2 aliphatic carbocycles. The molecule has 0 aromatic heterocycles. The highest BCUT2D eigenvalue weighted by Crippen LogP contribution is 2.55. The molecule has 1 fully saturated rings. The predicted octanol–water partition coefficient (Wildman–Crippen LogP) is 3.75. The van der Waals surface area contributed by atoms with Gasteiger partial charge in [-0.3, -0.25) is 4.79 Å². The van der Waals surface area contributed by atoms with E-state index in [-0.39, 0.29) is 11.3 Å². The van der Waals surface area contributed by atoms with Crippen LogP contribution in [0.4, 0.5) is 0 Å². The summed E-state index contributed by atoms with van der Waals surface area (Å²) in [7, 11) is 1.95. The van der Waals surface area contributed by atoms with Gasteiger partial charge in [-0.15, -0.1) is 0 Å². The Morgan fingerprint density at radius 2 is 2.00 bits per heavy atom. The van der Waals surface area contributed by atoms with E-state index in [9.17, 15) is 4.79 Å². The van der Waals surface area contributed by atoms with Gasteiger partial charge in [0.2, 0.25) is 5.91 Å². The quantitative estimate of drug-likeness (QED) is 0.607. The average molecular weight is 259 g/mol. The van der Waals surface area contributed by atoms with Crippen molar-refractivity contribution in [3.63, 3.8) is 0 Å². The highest BCUT2D eigenvalue weighted by molar-refractivity contribution is 5.80. The number of carbonyl (C=O) groups excluding carboxylic acids is 1. The number of hydrogen-bond donors (Lipinski definition) is 0. The zero-order valence-corrected chi connectivity index (χ0v) is 12.6. The number of fused-ring (bicyclic) bond motifs is 3. The molecular weight excluding hydrogens is 234 g/mol. The van der Waals surface area contributed by atoms with Gasteiger partial charge in [-0.25, -0.2) is 0 Å². The first-order chi connectivity index (χ1) is 8.95. The average Bonchev–Trinajstić information content (AvgIpc) is 2.39. The zero-order chi connectivity index (χ0) is 13.8. The molecule has 19 heavy (non-hydrogen) atoms. The fraction of sp³-hybridized carbons (Fsp3) is 0.706. The second kappa shape index (κ2) is 4.22. The monoisotopic (exact) mass is 259 g/mol. The van der Waals surface area contributed by atoms with Gasteiger partial charge in [0, 0.05) is 24.6 Å². The lowest BCUT2D eigenvalue weighted by Gasteiger charge is -2.51. The minimum Gasteiger partial charge on any atom is -0.319 e. The highest BCUT2D eigenvalue weighted by atomic mass is 16.2. The maximum Gasteiger partial charge on any atom is 0.226 e. The summed E-state index contributed by atoms with van der Waals surface area (Å²) in [5.41, 5.74) is 2.99. The Kier molecular flexibility index (Phi) is 2.88. The molecule has 0 saturated carbocycles. The van der Waals surface area contributed by atoms with E-state index in [1.807, 2.05) is 11.9 Å². The lowest BCUT2D eigenvalue weighted by Crippen LogP contribution is -2.46. The van der Waals surface area contributed by atoms with Crippen LogP contribution in [-0.2, 0) is 4.79 Å². The lowest BCUT2D eigenvalue weighted by molar-refractivity contribution is -0.131. The number of piperidine rings is 1. The van der Waals surface area contributed by atoms with Gasteiger partial charge in [-0.2, -0.15) is 0 Å². The van der Waals surface area contributed by atoms with Crippen LogP contribution in [0.3, 0.4) is 0 Å². The van der Waals surface area contributed by atoms with E-state index in [2.05, 4.69) is 32.9 Å². The van der Waals surface area contributed by atoms with Crippen molar-refractivity contribution in [2.24, 2.45) is 23.2 Å². The van der Waals surface area contributed by atoms with E-state index in [4.69, 9.17) is 0 Å². The molecule has 0 aromatic rings. The van der Waals surface area contributed by atoms with Crippen molar-refractivity contribution < 1.29 is 4.79 Å². The number of carbonyl (C=O) groups is 1. The minimum absolute atomic E-state index is 0.111. The highest BCUT2D eigenvalue weighted by Gasteiger charge is 2.47. The molecule has 2 unspecified atom stereocenters. The third-order valence-electron chi connectivity index (χ3n) is 5.98. The summed E-state index contributed by atoms with van der Waals surface area (Å²) >= 11 is 0. The first-order valence-electron chi connectivity index (χ1n) is 7.63. The summed E-state index contributed by atoms with van der Waals surface area (Å²) in [5.74, 6) is 2.52. The maximum atomic E-state index is 11.9. The van der Waals surface area contributed by atoms with Gasteiger partial charge in [0.15, 0.2) is 0 Å². The van der Waals surface area contributed by atoms with Gasteiger partial charge in [0.05, 0.1) is 0 Å². The van der Waals surface area contributed by atoms with E-state index < -0.39 is 0 Å². The molecule has 2 heteroatoms. The van der Waals surface area contributed by atoms with Gasteiger partial charge in [0.1, 0.15) is 0 Å². The Balaban J connectivity index is 2.04. The molecule has 4 atom stereocenters. The molecule has 1 heterocycles.